The molecule has 4 aliphatic heterocycles. The molecule has 21 heteroatoms. The van der Waals surface area contributed by atoms with E-state index in [1.807, 2.05) is 0 Å². The number of rotatable bonds is 12. The Morgan fingerprint density at radius 1 is 0.740 bits per heavy atom. The van der Waals surface area contributed by atoms with Crippen LogP contribution in [0.2, 0.25) is 0 Å². The largest absolute Gasteiger partial charge is 0.693 e. The Bertz CT molecular complexity index is 938. The van der Waals surface area contributed by atoms with Crippen LogP contribution in [0.1, 0.15) is 38.5 Å². The number of aliphatic imine (C=N–C) groups is 1. The molecule has 3 saturated heterocycles. The van der Waals surface area contributed by atoms with Gasteiger partial charge in [0.1, 0.15) is 19.8 Å². The van der Waals surface area contributed by atoms with Crippen molar-refractivity contribution in [3.63, 3.8) is 0 Å². The van der Waals surface area contributed by atoms with Gasteiger partial charge in [0.2, 0.25) is 0 Å². The molecule has 4 aliphatic rings. The monoisotopic (exact) mass is 926 g/mol. The van der Waals surface area contributed by atoms with E-state index in [1.54, 1.807) is 12.2 Å². The van der Waals surface area contributed by atoms with Crippen molar-refractivity contribution in [1.82, 2.24) is 0 Å². The number of ether oxygens (including phenoxy) is 4. The summed E-state index contributed by atoms with van der Waals surface area (Å²) in [6.07, 6.45) is 9.14. The minimum Gasteiger partial charge on any atom is -0.693 e. The summed E-state index contributed by atoms with van der Waals surface area (Å²) in [6.45, 7) is 2.61. The molecule has 0 amide bonds. The molecule has 3 fully saturated rings. The molecule has 302 valence electrons. The van der Waals surface area contributed by atoms with Crippen molar-refractivity contribution in [2.75, 3.05) is 72.2 Å². The summed E-state index contributed by atoms with van der Waals surface area (Å²) < 4.78 is 22.8. The minimum absolute atomic E-state index is 0. The van der Waals surface area contributed by atoms with Gasteiger partial charge < -0.3 is 58.5 Å². The van der Waals surface area contributed by atoms with Crippen LogP contribution < -0.4 is 5.11 Å². The molecular weight excluding hydrogens is 881 g/mol. The van der Waals surface area contributed by atoms with Gasteiger partial charge in [-0.25, -0.2) is 0 Å². The number of carbonyl (C=O) groups excluding carboxylic acids is 3. The van der Waals surface area contributed by atoms with Crippen LogP contribution in [-0.2, 0) is 96.6 Å². The first-order valence-corrected chi connectivity index (χ1v) is 17.7. The van der Waals surface area contributed by atoms with Crippen LogP contribution in [0.3, 0.4) is 0 Å². The summed E-state index contributed by atoms with van der Waals surface area (Å²) in [5.41, 5.74) is -1.07. The van der Waals surface area contributed by atoms with Crippen LogP contribution in [0.15, 0.2) is 28.7 Å². The number of carbonyl (C=O) groups is 3. The summed E-state index contributed by atoms with van der Waals surface area (Å²) in [5.74, 6) is -3.06. The van der Waals surface area contributed by atoms with E-state index in [1.165, 1.54) is 6.21 Å². The number of halogens is 2. The normalized spacial score (nSPS) is 22.8. The smallest absolute Gasteiger partial charge is 0 e. The zero-order chi connectivity index (χ0) is 31.6. The van der Waals surface area contributed by atoms with E-state index in [0.717, 1.165) is 19.3 Å². The first kappa shape index (κ1) is 56.3. The number of nitrogens with two attached hydrogens (primary N) is 3. The maximum Gasteiger partial charge on any atom is 0 e. The second-order valence-corrected chi connectivity index (χ2v) is 12.9. The van der Waals surface area contributed by atoms with E-state index in [-0.39, 0.29) is 119 Å². The summed E-state index contributed by atoms with van der Waals surface area (Å²) >= 11 is 0.382. The molecule has 0 saturated carbocycles. The zero-order valence-electron chi connectivity index (χ0n) is 27.4. The van der Waals surface area contributed by atoms with Crippen molar-refractivity contribution in [1.29, 1.82) is 0 Å². The Labute approximate surface area is 340 Å². The fourth-order valence-electron chi connectivity index (χ4n) is 5.07. The van der Waals surface area contributed by atoms with Crippen molar-refractivity contribution in [2.24, 2.45) is 28.2 Å². The van der Waals surface area contributed by atoms with Crippen molar-refractivity contribution in [3.05, 3.63) is 58.1 Å². The standard InChI is InChI=1S/C29H41N4O8.2ClH.4Co.3H2N/c34-25(21-5-1-9-30-13-21)38-17-29(18-39-26(35)22-6-2-10-31-14-22,19-40-27(36)23-7-3-11-32-15-23)20-41-28(37)24-8-4-12-33-16-24;;;;;;;;;/h1,5,13,22-24,34H,2-4,6-12,14-20H2;2*1H;;;;;3*1H2/q-3;;;;;;+2;3*-1/p-3/b25-21+;;;;;;;;;. The Hall–Kier alpha value is -0.474. The second-order valence-electron chi connectivity index (χ2n) is 11.2. The molecule has 15 nitrogen and oxygen atoms in total. The van der Waals surface area contributed by atoms with Crippen molar-refractivity contribution in [3.8, 4) is 0 Å². The topological polar surface area (TPSA) is 266 Å². The quantitative estimate of drug-likeness (QED) is 0.133. The average Bonchev–Trinajstić information content (AvgIpc) is 3.09. The fraction of sp³-hybridized carbons (Fsp3) is 0.724. The Morgan fingerprint density at radius 2 is 1.10 bits per heavy atom. The van der Waals surface area contributed by atoms with Crippen molar-refractivity contribution < 1.29 is 102 Å². The molecule has 0 bridgehead atoms. The number of hydrogen-bond acceptors (Lipinski definition) is 9. The Balaban J connectivity index is -0.00000113. The van der Waals surface area contributed by atoms with E-state index in [9.17, 15) is 19.5 Å². The second kappa shape index (κ2) is 32.0. The van der Waals surface area contributed by atoms with E-state index >= 15 is 0 Å². The van der Waals surface area contributed by atoms with Gasteiger partial charge in [-0.1, -0.05) is 31.4 Å². The Kier molecular flexibility index (Phi) is 36.0. The maximum atomic E-state index is 12.9. The van der Waals surface area contributed by atoms with Crippen LogP contribution in [0.25, 0.3) is 34.4 Å². The summed E-state index contributed by atoms with van der Waals surface area (Å²) in [5, 5.41) is 25.8. The molecular formula is C29H46Cl2Co4N7O8-7. The van der Waals surface area contributed by atoms with Gasteiger partial charge in [0, 0.05) is 86.5 Å². The summed E-state index contributed by atoms with van der Waals surface area (Å²) in [4.78, 5) is 42.9. The molecule has 4 rings (SSSR count). The number of piperidine rings is 3. The van der Waals surface area contributed by atoms with E-state index in [0.29, 0.717) is 78.0 Å². The third kappa shape index (κ3) is 20.1. The molecule has 50 heavy (non-hydrogen) atoms. The van der Waals surface area contributed by atoms with Gasteiger partial charge in [0.05, 0.1) is 17.9 Å². The maximum absolute atomic E-state index is 12.9. The number of esters is 3. The molecule has 0 aromatic rings. The molecule has 0 aromatic heterocycles. The van der Waals surface area contributed by atoms with Crippen molar-refractivity contribution in [2.45, 2.75) is 38.5 Å². The van der Waals surface area contributed by atoms with Gasteiger partial charge in [-0.2, -0.15) is 0 Å². The van der Waals surface area contributed by atoms with Gasteiger partial charge in [0.25, 0.3) is 0 Å². The van der Waals surface area contributed by atoms with Gasteiger partial charge in [-0.05, 0) is 19.3 Å². The number of allylic oxidation sites excluding steroid dienone is 2. The van der Waals surface area contributed by atoms with Crippen LogP contribution in [-0.4, -0.2) is 96.4 Å². The van der Waals surface area contributed by atoms with Crippen LogP contribution in [0.4, 0.5) is 0 Å². The van der Waals surface area contributed by atoms with E-state index in [2.05, 4.69) is 20.9 Å². The average molecular weight is 927 g/mol. The summed E-state index contributed by atoms with van der Waals surface area (Å²) in [6, 6.07) is 0. The summed E-state index contributed by atoms with van der Waals surface area (Å²) in [7, 11) is 9.47. The van der Waals surface area contributed by atoms with Crippen LogP contribution >= 0.6 is 20.3 Å². The third-order valence-electron chi connectivity index (χ3n) is 7.70. The third-order valence-corrected chi connectivity index (χ3v) is 7.70. The fourth-order valence-corrected chi connectivity index (χ4v) is 5.07. The molecule has 3 unspecified atom stereocenters. The molecule has 0 aliphatic carbocycles. The minimum atomic E-state index is -1.32. The van der Waals surface area contributed by atoms with E-state index < -0.39 is 29.3 Å². The van der Waals surface area contributed by atoms with Crippen LogP contribution in [0, 0.1) is 23.2 Å². The van der Waals surface area contributed by atoms with Crippen molar-refractivity contribution >= 4 is 44.4 Å². The van der Waals surface area contributed by atoms with E-state index in [4.69, 9.17) is 39.2 Å². The predicted octanol–water partition coefficient (Wildman–Crippen LogP) is 5.70. The first-order chi connectivity index (χ1) is 21.4. The molecule has 4 heterocycles. The number of dihydropyridines is 1. The molecule has 6 N–H and O–H groups in total. The molecule has 0 aromatic carbocycles. The predicted molar refractivity (Wildman–Crippen MR) is 176 cm³/mol. The molecule has 3 radical (unpaired) electrons. The SMILES string of the molecule is O=C(OCC(COC(=O)C1CCC[N-]C1)(COC(=O)C1CCC[N-]C1)CO/C([O-])=C1\C=CCN=C1)C1CCC[N-]C1.[Cl][Co][Cl].[Co].[Co].[Co].[NH2-].[NH2-].[NH2-]. The molecule has 3 atom stereocenters. The first-order valence-electron chi connectivity index (χ1n) is 14.8. The number of hydrogen-bond donors (Lipinski definition) is 0. The van der Waals surface area contributed by atoms with Gasteiger partial charge in [0.15, 0.2) is 0 Å². The molecule has 0 spiro atoms. The van der Waals surface area contributed by atoms with Gasteiger partial charge >= 0.3 is 51.1 Å². The van der Waals surface area contributed by atoms with Gasteiger partial charge in [-0.3, -0.25) is 19.4 Å². The Morgan fingerprint density at radius 3 is 1.40 bits per heavy atom. The van der Waals surface area contributed by atoms with Crippen LogP contribution in [0.5, 0.6) is 0 Å². The number of nitrogens with zero attached hydrogens (tertiary/aromatic N) is 4. The van der Waals surface area contributed by atoms with Gasteiger partial charge in [-0.15, -0.1) is 39.3 Å². The zero-order valence-corrected chi connectivity index (χ0v) is 33.0.